The van der Waals surface area contributed by atoms with E-state index in [-0.39, 0.29) is 16.9 Å². The van der Waals surface area contributed by atoms with Crippen LogP contribution < -0.4 is 10.5 Å². The van der Waals surface area contributed by atoms with Crippen LogP contribution >= 0.6 is 0 Å². The standard InChI is InChI=1S/C17H20N6O3S/c1-3-4-5-12-8-14(16(19-9-12)27(18,25)26)13-6-7-15-21-17(20-11(2)24)22-23(15)10-13/h6-10H,3-5H2,1-2H3,(H2,18,25,26)(H,20,22,24). The molecule has 3 heterocycles. The molecule has 0 bridgehead atoms. The van der Waals surface area contributed by atoms with Crippen LogP contribution in [0.15, 0.2) is 35.6 Å². The van der Waals surface area contributed by atoms with E-state index in [2.05, 4.69) is 27.3 Å². The van der Waals surface area contributed by atoms with Gasteiger partial charge in [0.25, 0.3) is 10.0 Å². The third-order valence-electron chi connectivity index (χ3n) is 3.93. The minimum Gasteiger partial charge on any atom is -0.293 e. The maximum Gasteiger partial charge on any atom is 0.256 e. The number of fused-ring (bicyclic) bond motifs is 1. The molecule has 142 valence electrons. The van der Waals surface area contributed by atoms with Gasteiger partial charge in [0.15, 0.2) is 10.7 Å². The number of carbonyl (C=O) groups is 1. The molecule has 0 aliphatic carbocycles. The number of anilines is 1. The summed E-state index contributed by atoms with van der Waals surface area (Å²) in [6.45, 7) is 3.45. The van der Waals surface area contributed by atoms with Gasteiger partial charge >= 0.3 is 0 Å². The number of nitrogens with zero attached hydrogens (tertiary/aromatic N) is 4. The molecule has 27 heavy (non-hydrogen) atoms. The van der Waals surface area contributed by atoms with Gasteiger partial charge in [-0.1, -0.05) is 13.3 Å². The van der Waals surface area contributed by atoms with Gasteiger partial charge in [-0.2, -0.15) is 4.98 Å². The molecule has 0 aliphatic heterocycles. The van der Waals surface area contributed by atoms with Crippen LogP contribution in [0, 0.1) is 0 Å². The van der Waals surface area contributed by atoms with Crippen LogP contribution in [0.2, 0.25) is 0 Å². The number of sulfonamides is 1. The molecular formula is C17H20N6O3S. The van der Waals surface area contributed by atoms with Crippen LogP contribution in [0.4, 0.5) is 5.95 Å². The molecule has 0 atom stereocenters. The monoisotopic (exact) mass is 388 g/mol. The van der Waals surface area contributed by atoms with Gasteiger partial charge in [0.2, 0.25) is 11.9 Å². The Morgan fingerprint density at radius 2 is 2.11 bits per heavy atom. The van der Waals surface area contributed by atoms with Crippen LogP contribution in [0.1, 0.15) is 32.3 Å². The summed E-state index contributed by atoms with van der Waals surface area (Å²) in [7, 11) is -4.00. The predicted molar refractivity (Wildman–Crippen MR) is 101 cm³/mol. The number of aryl methyl sites for hydroxylation is 1. The van der Waals surface area contributed by atoms with E-state index in [1.165, 1.54) is 11.4 Å². The molecule has 3 aromatic heterocycles. The fraction of sp³-hybridized carbons (Fsp3) is 0.294. The third-order valence-corrected chi connectivity index (χ3v) is 4.79. The summed E-state index contributed by atoms with van der Waals surface area (Å²) in [5.41, 5.74) is 2.42. The SMILES string of the molecule is CCCCc1cnc(S(N)(=O)=O)c(-c2ccc3nc(NC(C)=O)nn3c2)c1. The highest BCUT2D eigenvalue weighted by Gasteiger charge is 2.19. The van der Waals surface area contributed by atoms with E-state index < -0.39 is 10.0 Å². The van der Waals surface area contributed by atoms with Gasteiger partial charge in [-0.15, -0.1) is 5.10 Å². The number of rotatable bonds is 6. The van der Waals surface area contributed by atoms with Gasteiger partial charge in [-0.3, -0.25) is 10.1 Å². The van der Waals surface area contributed by atoms with Crippen LogP contribution in [-0.2, 0) is 21.2 Å². The molecule has 0 radical (unpaired) electrons. The Kier molecular flexibility index (Phi) is 5.19. The van der Waals surface area contributed by atoms with Crippen molar-refractivity contribution >= 4 is 27.5 Å². The van der Waals surface area contributed by atoms with E-state index in [1.807, 2.05) is 0 Å². The van der Waals surface area contributed by atoms with Crippen molar-refractivity contribution in [3.8, 4) is 11.1 Å². The average Bonchev–Trinajstić information content (AvgIpc) is 2.99. The molecule has 3 aromatic rings. The Morgan fingerprint density at radius 3 is 2.78 bits per heavy atom. The van der Waals surface area contributed by atoms with E-state index in [9.17, 15) is 13.2 Å². The Balaban J connectivity index is 2.11. The molecule has 0 saturated carbocycles. The number of aromatic nitrogens is 4. The number of primary sulfonamides is 1. The Labute approximate surface area is 156 Å². The quantitative estimate of drug-likeness (QED) is 0.661. The van der Waals surface area contributed by atoms with Crippen LogP contribution in [0.3, 0.4) is 0 Å². The number of pyridine rings is 2. The second kappa shape index (κ2) is 7.41. The second-order valence-corrected chi connectivity index (χ2v) is 7.66. The van der Waals surface area contributed by atoms with Crippen molar-refractivity contribution in [2.75, 3.05) is 5.32 Å². The average molecular weight is 388 g/mol. The zero-order chi connectivity index (χ0) is 19.6. The number of nitrogens with two attached hydrogens (primary N) is 1. The lowest BCUT2D eigenvalue weighted by Crippen LogP contribution is -2.15. The summed E-state index contributed by atoms with van der Waals surface area (Å²) in [5.74, 6) is -0.114. The Bertz CT molecular complexity index is 1110. The van der Waals surface area contributed by atoms with Crippen molar-refractivity contribution in [3.05, 3.63) is 36.2 Å². The summed E-state index contributed by atoms with van der Waals surface area (Å²) in [4.78, 5) is 19.4. The first-order valence-corrected chi connectivity index (χ1v) is 9.98. The summed E-state index contributed by atoms with van der Waals surface area (Å²) >= 11 is 0. The van der Waals surface area contributed by atoms with E-state index in [4.69, 9.17) is 5.14 Å². The maximum absolute atomic E-state index is 12.0. The molecular weight excluding hydrogens is 368 g/mol. The summed E-state index contributed by atoms with van der Waals surface area (Å²) in [6.07, 6.45) is 5.95. The molecule has 0 aromatic carbocycles. The Morgan fingerprint density at radius 1 is 1.33 bits per heavy atom. The van der Waals surface area contributed by atoms with Crippen LogP contribution in [0.5, 0.6) is 0 Å². The summed E-state index contributed by atoms with van der Waals surface area (Å²) in [5, 5.41) is 11.8. The normalized spacial score (nSPS) is 11.7. The summed E-state index contributed by atoms with van der Waals surface area (Å²) < 4.78 is 25.4. The number of carbonyl (C=O) groups excluding carboxylic acids is 1. The second-order valence-electron chi connectivity index (χ2n) is 6.18. The molecule has 3 N–H and O–H groups in total. The number of nitrogens with one attached hydrogen (secondary N) is 1. The van der Waals surface area contributed by atoms with Crippen molar-refractivity contribution in [2.45, 2.75) is 38.1 Å². The zero-order valence-electron chi connectivity index (χ0n) is 15.0. The minimum atomic E-state index is -4.00. The Hall–Kier alpha value is -2.85. The fourth-order valence-corrected chi connectivity index (χ4v) is 3.38. The van der Waals surface area contributed by atoms with Crippen molar-refractivity contribution in [2.24, 2.45) is 5.14 Å². The molecule has 3 rings (SSSR count). The maximum atomic E-state index is 12.0. The van der Waals surface area contributed by atoms with Crippen LogP contribution in [-0.4, -0.2) is 33.9 Å². The smallest absolute Gasteiger partial charge is 0.256 e. The molecule has 0 fully saturated rings. The highest BCUT2D eigenvalue weighted by atomic mass is 32.2. The topological polar surface area (TPSA) is 132 Å². The van der Waals surface area contributed by atoms with Crippen molar-refractivity contribution < 1.29 is 13.2 Å². The van der Waals surface area contributed by atoms with Gasteiger partial charge in [-0.25, -0.2) is 23.1 Å². The predicted octanol–water partition coefficient (Wildman–Crippen LogP) is 1.74. The van der Waals surface area contributed by atoms with Crippen LogP contribution in [0.25, 0.3) is 16.8 Å². The highest BCUT2D eigenvalue weighted by Crippen LogP contribution is 2.27. The largest absolute Gasteiger partial charge is 0.293 e. The van der Waals surface area contributed by atoms with Crippen molar-refractivity contribution in [1.29, 1.82) is 0 Å². The molecule has 9 nitrogen and oxygen atoms in total. The zero-order valence-corrected chi connectivity index (χ0v) is 15.8. The first kappa shape index (κ1) is 18.9. The number of hydrogen-bond acceptors (Lipinski definition) is 6. The minimum absolute atomic E-state index is 0.168. The third kappa shape index (κ3) is 4.29. The molecule has 0 saturated heterocycles. The highest BCUT2D eigenvalue weighted by molar-refractivity contribution is 7.89. The molecule has 1 amide bonds. The van der Waals surface area contributed by atoms with Gasteiger partial charge in [0.05, 0.1) is 0 Å². The number of hydrogen-bond donors (Lipinski definition) is 2. The number of amides is 1. The molecule has 0 spiro atoms. The molecule has 0 unspecified atom stereocenters. The lowest BCUT2D eigenvalue weighted by molar-refractivity contribution is -0.114. The first-order chi connectivity index (χ1) is 12.8. The lowest BCUT2D eigenvalue weighted by Gasteiger charge is -2.10. The summed E-state index contributed by atoms with van der Waals surface area (Å²) in [6, 6.07) is 5.19. The lowest BCUT2D eigenvalue weighted by atomic mass is 10.0. The van der Waals surface area contributed by atoms with E-state index in [0.717, 1.165) is 24.8 Å². The van der Waals surface area contributed by atoms with Crippen molar-refractivity contribution in [1.82, 2.24) is 19.6 Å². The van der Waals surface area contributed by atoms with Gasteiger partial charge in [-0.05, 0) is 36.6 Å². The number of unbranched alkanes of at least 4 members (excludes halogenated alkanes) is 1. The van der Waals surface area contributed by atoms with Gasteiger partial charge < -0.3 is 0 Å². The van der Waals surface area contributed by atoms with E-state index in [1.54, 1.807) is 30.6 Å². The molecule has 10 heteroatoms. The fourth-order valence-electron chi connectivity index (χ4n) is 2.70. The van der Waals surface area contributed by atoms with E-state index in [0.29, 0.717) is 16.8 Å². The first-order valence-electron chi connectivity index (χ1n) is 8.44. The van der Waals surface area contributed by atoms with Gasteiger partial charge in [0.1, 0.15) is 0 Å². The molecule has 0 aliphatic rings. The van der Waals surface area contributed by atoms with Crippen molar-refractivity contribution in [3.63, 3.8) is 0 Å². The van der Waals surface area contributed by atoms with Gasteiger partial charge in [0, 0.05) is 30.4 Å². The van der Waals surface area contributed by atoms with E-state index >= 15 is 0 Å².